The van der Waals surface area contributed by atoms with Gasteiger partial charge >= 0.3 is 0 Å². The van der Waals surface area contributed by atoms with Crippen LogP contribution in [-0.2, 0) is 16.0 Å². The zero-order valence-electron chi connectivity index (χ0n) is 14.8. The molecule has 0 saturated heterocycles. The Bertz CT molecular complexity index is 1070. The number of benzene rings is 2. The molecule has 0 saturated carbocycles. The second-order valence-electron chi connectivity index (χ2n) is 6.50. The summed E-state index contributed by atoms with van der Waals surface area (Å²) in [6.07, 6.45) is 3.61. The van der Waals surface area contributed by atoms with Crippen LogP contribution in [0.2, 0.25) is 0 Å². The number of hydrogen-bond donors (Lipinski definition) is 1. The van der Waals surface area contributed by atoms with E-state index in [0.29, 0.717) is 6.42 Å². The number of halogens is 1. The molecule has 0 radical (unpaired) electrons. The van der Waals surface area contributed by atoms with Crippen LogP contribution in [0.15, 0.2) is 66.7 Å². The molecule has 0 aliphatic carbocycles. The molecule has 4 rings (SSSR count). The molecule has 140 valence electrons. The number of anilines is 1. The fraction of sp³-hybridized carbons (Fsp3) is 0.0909. The Labute approximate surface area is 165 Å². The molecule has 1 aliphatic heterocycles. The molecule has 1 aliphatic rings. The first kappa shape index (κ1) is 18.1. The van der Waals surface area contributed by atoms with Crippen LogP contribution in [0.4, 0.5) is 10.1 Å². The zero-order valence-corrected chi connectivity index (χ0v) is 15.7. The van der Waals surface area contributed by atoms with Gasteiger partial charge in [0.25, 0.3) is 5.91 Å². The third-order valence-electron chi connectivity index (χ3n) is 4.69. The summed E-state index contributed by atoms with van der Waals surface area (Å²) in [6.45, 7) is 0. The standard InChI is InChI=1S/C22H17FN2O2S/c23-16-7-5-14(6-8-16)20-11-9-17(28-20)10-12-21(26)25-18-4-2-1-3-15(18)13-19(25)22(24)27/h1-12,19H,13H2,(H2,24,27)/b12-10+/t19-/m0/s1. The highest BCUT2D eigenvalue weighted by atomic mass is 32.1. The second kappa shape index (κ2) is 7.40. The highest BCUT2D eigenvalue weighted by Gasteiger charge is 2.36. The van der Waals surface area contributed by atoms with Crippen molar-refractivity contribution < 1.29 is 14.0 Å². The topological polar surface area (TPSA) is 63.4 Å². The van der Waals surface area contributed by atoms with Crippen molar-refractivity contribution in [2.24, 2.45) is 5.73 Å². The van der Waals surface area contributed by atoms with E-state index in [2.05, 4.69) is 0 Å². The predicted octanol–water partition coefficient (Wildman–Crippen LogP) is 4.01. The lowest BCUT2D eigenvalue weighted by Gasteiger charge is -2.21. The number of fused-ring (bicyclic) bond motifs is 1. The van der Waals surface area contributed by atoms with Crippen LogP contribution in [-0.4, -0.2) is 17.9 Å². The van der Waals surface area contributed by atoms with Crippen LogP contribution < -0.4 is 10.6 Å². The largest absolute Gasteiger partial charge is 0.368 e. The van der Waals surface area contributed by atoms with Gasteiger partial charge in [-0.1, -0.05) is 30.3 Å². The minimum Gasteiger partial charge on any atom is -0.368 e. The number of rotatable bonds is 4. The van der Waals surface area contributed by atoms with E-state index in [1.54, 1.807) is 18.2 Å². The summed E-state index contributed by atoms with van der Waals surface area (Å²) >= 11 is 1.50. The Morgan fingerprint density at radius 1 is 1.07 bits per heavy atom. The van der Waals surface area contributed by atoms with Crippen molar-refractivity contribution in [2.45, 2.75) is 12.5 Å². The van der Waals surface area contributed by atoms with Crippen molar-refractivity contribution in [3.8, 4) is 10.4 Å². The van der Waals surface area contributed by atoms with Gasteiger partial charge in [0.15, 0.2) is 0 Å². The molecule has 0 unspecified atom stereocenters. The fourth-order valence-electron chi connectivity index (χ4n) is 3.33. The van der Waals surface area contributed by atoms with Crippen LogP contribution >= 0.6 is 11.3 Å². The van der Waals surface area contributed by atoms with E-state index in [1.807, 2.05) is 36.4 Å². The summed E-state index contributed by atoms with van der Waals surface area (Å²) in [4.78, 5) is 28.0. The average molecular weight is 392 g/mol. The smallest absolute Gasteiger partial charge is 0.251 e. The SMILES string of the molecule is NC(=O)[C@@H]1Cc2ccccc2N1C(=O)/C=C/c1ccc(-c2ccc(F)cc2)s1. The van der Waals surface area contributed by atoms with Crippen molar-refractivity contribution in [3.05, 3.63) is 83.0 Å². The normalized spacial score (nSPS) is 15.8. The Kier molecular flexibility index (Phi) is 4.79. The summed E-state index contributed by atoms with van der Waals surface area (Å²) in [6, 6.07) is 16.9. The number of thiophene rings is 1. The van der Waals surface area contributed by atoms with Gasteiger partial charge < -0.3 is 5.73 Å². The molecule has 2 N–H and O–H groups in total. The van der Waals surface area contributed by atoms with E-state index in [-0.39, 0.29) is 11.7 Å². The Hall–Kier alpha value is -3.25. The highest BCUT2D eigenvalue weighted by Crippen LogP contribution is 2.33. The Morgan fingerprint density at radius 2 is 1.82 bits per heavy atom. The van der Waals surface area contributed by atoms with Crippen molar-refractivity contribution >= 4 is 34.9 Å². The molecule has 2 heterocycles. The predicted molar refractivity (Wildman–Crippen MR) is 109 cm³/mol. The molecule has 2 aromatic carbocycles. The fourth-order valence-corrected chi connectivity index (χ4v) is 4.25. The molecule has 1 atom stereocenters. The lowest BCUT2D eigenvalue weighted by molar-refractivity contribution is -0.122. The first-order chi connectivity index (χ1) is 13.5. The second-order valence-corrected chi connectivity index (χ2v) is 7.62. The molecule has 3 aromatic rings. The maximum atomic E-state index is 13.1. The van der Waals surface area contributed by atoms with Gasteiger partial charge in [-0.05, 0) is 47.5 Å². The van der Waals surface area contributed by atoms with E-state index in [1.165, 1.54) is 34.4 Å². The van der Waals surface area contributed by atoms with Crippen molar-refractivity contribution in [3.63, 3.8) is 0 Å². The third-order valence-corrected chi connectivity index (χ3v) is 5.79. The number of primary amides is 1. The summed E-state index contributed by atoms with van der Waals surface area (Å²) in [5.41, 5.74) is 8.08. The minimum absolute atomic E-state index is 0.277. The first-order valence-corrected chi connectivity index (χ1v) is 9.59. The van der Waals surface area contributed by atoms with E-state index in [4.69, 9.17) is 5.73 Å². The summed E-state index contributed by atoms with van der Waals surface area (Å²) in [7, 11) is 0. The number of nitrogens with zero attached hydrogens (tertiary/aromatic N) is 1. The summed E-state index contributed by atoms with van der Waals surface area (Å²) < 4.78 is 13.1. The maximum Gasteiger partial charge on any atom is 0.251 e. The van der Waals surface area contributed by atoms with Gasteiger partial charge in [0, 0.05) is 27.9 Å². The molecule has 0 fully saturated rings. The number of para-hydroxylation sites is 1. The van der Waals surface area contributed by atoms with Crippen LogP contribution in [0.25, 0.3) is 16.5 Å². The highest BCUT2D eigenvalue weighted by molar-refractivity contribution is 7.16. The average Bonchev–Trinajstić information content (AvgIpc) is 3.31. The molecule has 0 bridgehead atoms. The van der Waals surface area contributed by atoms with Gasteiger partial charge in [-0.3, -0.25) is 14.5 Å². The molecule has 2 amide bonds. The lowest BCUT2D eigenvalue weighted by atomic mass is 10.1. The van der Waals surface area contributed by atoms with Crippen molar-refractivity contribution in [1.82, 2.24) is 0 Å². The number of carbonyl (C=O) groups is 2. The van der Waals surface area contributed by atoms with Crippen molar-refractivity contribution in [1.29, 1.82) is 0 Å². The molecular weight excluding hydrogens is 375 g/mol. The van der Waals surface area contributed by atoms with Crippen molar-refractivity contribution in [2.75, 3.05) is 4.90 Å². The number of hydrogen-bond acceptors (Lipinski definition) is 3. The first-order valence-electron chi connectivity index (χ1n) is 8.77. The van der Waals surface area contributed by atoms with Crippen LogP contribution in [0.1, 0.15) is 10.4 Å². The van der Waals surface area contributed by atoms with Gasteiger partial charge in [0.1, 0.15) is 11.9 Å². The van der Waals surface area contributed by atoms with Crippen LogP contribution in [0.5, 0.6) is 0 Å². The number of carbonyl (C=O) groups excluding carboxylic acids is 2. The summed E-state index contributed by atoms with van der Waals surface area (Å²) in [5, 5.41) is 0. The van der Waals surface area contributed by atoms with E-state index in [0.717, 1.165) is 26.6 Å². The van der Waals surface area contributed by atoms with Crippen LogP contribution in [0.3, 0.4) is 0 Å². The third kappa shape index (κ3) is 3.46. The number of amides is 2. The maximum absolute atomic E-state index is 13.1. The Morgan fingerprint density at radius 3 is 2.57 bits per heavy atom. The monoisotopic (exact) mass is 392 g/mol. The minimum atomic E-state index is -0.673. The molecule has 1 aromatic heterocycles. The van der Waals surface area contributed by atoms with Gasteiger partial charge in [0.2, 0.25) is 5.91 Å². The van der Waals surface area contributed by atoms with E-state index >= 15 is 0 Å². The van der Waals surface area contributed by atoms with Crippen LogP contribution in [0, 0.1) is 5.82 Å². The molecule has 6 heteroatoms. The molecular formula is C22H17FN2O2S. The molecule has 0 spiro atoms. The lowest BCUT2D eigenvalue weighted by Crippen LogP contribution is -2.45. The zero-order chi connectivity index (χ0) is 19.7. The van der Waals surface area contributed by atoms with Gasteiger partial charge in [-0.25, -0.2) is 4.39 Å². The number of nitrogens with two attached hydrogens (primary N) is 1. The molecule has 28 heavy (non-hydrogen) atoms. The van der Waals surface area contributed by atoms with E-state index < -0.39 is 11.9 Å². The van der Waals surface area contributed by atoms with Gasteiger partial charge in [0.05, 0.1) is 0 Å². The quantitative estimate of drug-likeness (QED) is 0.682. The van der Waals surface area contributed by atoms with E-state index in [9.17, 15) is 14.0 Å². The Balaban J connectivity index is 1.55. The molecule has 4 nitrogen and oxygen atoms in total. The van der Waals surface area contributed by atoms with Gasteiger partial charge in [-0.15, -0.1) is 11.3 Å². The summed E-state index contributed by atoms with van der Waals surface area (Å²) in [5.74, 6) is -1.08. The van der Waals surface area contributed by atoms with Gasteiger partial charge in [-0.2, -0.15) is 0 Å².